The van der Waals surface area contributed by atoms with Gasteiger partial charge in [0.2, 0.25) is 0 Å². The quantitative estimate of drug-likeness (QED) is 0.625. The van der Waals surface area contributed by atoms with Crippen molar-refractivity contribution in [2.45, 2.75) is 0 Å². The molecule has 0 N–H and O–H groups in total. The summed E-state index contributed by atoms with van der Waals surface area (Å²) in [5.74, 6) is 0. The van der Waals surface area contributed by atoms with Crippen molar-refractivity contribution in [1.82, 2.24) is 4.98 Å². The van der Waals surface area contributed by atoms with Crippen LogP contribution in [0.15, 0.2) is 12.3 Å². The summed E-state index contributed by atoms with van der Waals surface area (Å²) < 4.78 is 0. The van der Waals surface area contributed by atoms with E-state index in [9.17, 15) is 0 Å². The second-order valence-corrected chi connectivity index (χ2v) is 3.55. The zero-order valence-corrected chi connectivity index (χ0v) is 7.87. The molecule has 0 amide bonds. The standard InChI is InChI=1S/C6H6Cl2NP/c1-10-6-5(8)2-4(7)3-9-6/h2-3,10H,1H3. The number of halogens is 2. The van der Waals surface area contributed by atoms with Crippen LogP contribution >= 0.6 is 31.8 Å². The van der Waals surface area contributed by atoms with E-state index in [0.29, 0.717) is 18.6 Å². The van der Waals surface area contributed by atoms with Gasteiger partial charge in [0.25, 0.3) is 0 Å². The van der Waals surface area contributed by atoms with Crippen molar-refractivity contribution in [2.75, 3.05) is 6.66 Å². The van der Waals surface area contributed by atoms with Crippen molar-refractivity contribution >= 4 is 37.2 Å². The molecule has 4 heteroatoms. The predicted octanol–water partition coefficient (Wildman–Crippen LogP) is 2.32. The molecule has 1 aromatic heterocycles. The molecule has 1 atom stereocenters. The zero-order chi connectivity index (χ0) is 7.56. The van der Waals surface area contributed by atoms with E-state index in [4.69, 9.17) is 23.2 Å². The molecule has 1 unspecified atom stereocenters. The summed E-state index contributed by atoms with van der Waals surface area (Å²) >= 11 is 11.4. The first kappa shape index (κ1) is 8.26. The minimum atomic E-state index is 0.590. The van der Waals surface area contributed by atoms with Gasteiger partial charge >= 0.3 is 0 Å². The highest BCUT2D eigenvalue weighted by Crippen LogP contribution is 2.16. The maximum atomic E-state index is 5.79. The van der Waals surface area contributed by atoms with Crippen LogP contribution in [0, 0.1) is 0 Å². The monoisotopic (exact) mass is 193 g/mol. The Bertz CT molecular complexity index is 239. The van der Waals surface area contributed by atoms with E-state index in [-0.39, 0.29) is 0 Å². The van der Waals surface area contributed by atoms with Gasteiger partial charge in [-0.2, -0.15) is 0 Å². The fourth-order valence-electron chi connectivity index (χ4n) is 0.599. The van der Waals surface area contributed by atoms with Crippen molar-refractivity contribution in [3.8, 4) is 0 Å². The molecule has 0 aliphatic rings. The molecule has 1 aromatic rings. The topological polar surface area (TPSA) is 12.9 Å². The lowest BCUT2D eigenvalue weighted by molar-refractivity contribution is 1.39. The molecule has 0 spiro atoms. The number of hydrogen-bond acceptors (Lipinski definition) is 1. The second kappa shape index (κ2) is 3.52. The molecule has 0 saturated carbocycles. The highest BCUT2D eigenvalue weighted by Gasteiger charge is 1.98. The van der Waals surface area contributed by atoms with Crippen molar-refractivity contribution in [3.63, 3.8) is 0 Å². The summed E-state index contributed by atoms with van der Waals surface area (Å²) in [5.41, 5.74) is 0.922. The summed E-state index contributed by atoms with van der Waals surface area (Å²) in [6.45, 7) is 2.03. The van der Waals surface area contributed by atoms with Crippen LogP contribution in [0.3, 0.4) is 0 Å². The second-order valence-electron chi connectivity index (χ2n) is 1.73. The maximum Gasteiger partial charge on any atom is 0.0783 e. The van der Waals surface area contributed by atoms with Crippen molar-refractivity contribution < 1.29 is 0 Å². The van der Waals surface area contributed by atoms with Crippen LogP contribution in [0.2, 0.25) is 10.0 Å². The molecular weight excluding hydrogens is 188 g/mol. The summed E-state index contributed by atoms with van der Waals surface area (Å²) in [7, 11) is 0.624. The molecule has 54 valence electrons. The zero-order valence-electron chi connectivity index (χ0n) is 5.36. The van der Waals surface area contributed by atoms with Gasteiger partial charge in [-0.05, 0) is 12.7 Å². The first-order chi connectivity index (χ1) is 4.74. The van der Waals surface area contributed by atoms with Gasteiger partial charge in [0.05, 0.1) is 15.5 Å². The largest absolute Gasteiger partial charge is 0.254 e. The first-order valence-electron chi connectivity index (χ1n) is 2.73. The van der Waals surface area contributed by atoms with E-state index >= 15 is 0 Å². The Morgan fingerprint density at radius 2 is 2.20 bits per heavy atom. The fraction of sp³-hybridized carbons (Fsp3) is 0.167. The van der Waals surface area contributed by atoms with Crippen LogP contribution in [-0.4, -0.2) is 11.6 Å². The predicted molar refractivity (Wildman–Crippen MR) is 48.1 cm³/mol. The molecule has 10 heavy (non-hydrogen) atoms. The van der Waals surface area contributed by atoms with Gasteiger partial charge in [0.15, 0.2) is 0 Å². The number of pyridine rings is 1. The van der Waals surface area contributed by atoms with Gasteiger partial charge in [-0.15, -0.1) is 0 Å². The smallest absolute Gasteiger partial charge is 0.0783 e. The maximum absolute atomic E-state index is 5.79. The molecule has 0 fully saturated rings. The van der Waals surface area contributed by atoms with E-state index < -0.39 is 0 Å². The molecule has 0 radical (unpaired) electrons. The Kier molecular flexibility index (Phi) is 2.91. The molecule has 0 bridgehead atoms. The van der Waals surface area contributed by atoms with E-state index in [2.05, 4.69) is 4.98 Å². The lowest BCUT2D eigenvalue weighted by Gasteiger charge is -1.97. The molecule has 0 saturated heterocycles. The normalized spacial score (nSPS) is 11.1. The van der Waals surface area contributed by atoms with Gasteiger partial charge in [0.1, 0.15) is 0 Å². The Morgan fingerprint density at radius 1 is 1.50 bits per heavy atom. The number of rotatable bonds is 1. The first-order valence-corrected chi connectivity index (χ1v) is 4.98. The SMILES string of the molecule is CPc1ncc(Cl)cc1Cl. The average molecular weight is 194 g/mol. The van der Waals surface area contributed by atoms with Crippen LogP contribution < -0.4 is 5.44 Å². The Hall–Kier alpha value is 0.160. The number of aromatic nitrogens is 1. The third-order valence-corrected chi connectivity index (χ3v) is 2.57. The summed E-state index contributed by atoms with van der Waals surface area (Å²) in [6, 6.07) is 1.71. The minimum absolute atomic E-state index is 0.590. The van der Waals surface area contributed by atoms with Gasteiger partial charge in [-0.25, -0.2) is 0 Å². The summed E-state index contributed by atoms with van der Waals surface area (Å²) in [6.07, 6.45) is 1.61. The number of nitrogens with zero attached hydrogens (tertiary/aromatic N) is 1. The van der Waals surface area contributed by atoms with Crippen LogP contribution in [0.25, 0.3) is 0 Å². The van der Waals surface area contributed by atoms with Gasteiger partial charge in [-0.1, -0.05) is 31.8 Å². The lowest BCUT2D eigenvalue weighted by Crippen LogP contribution is -2.00. The van der Waals surface area contributed by atoms with E-state index in [0.717, 1.165) is 5.44 Å². The Morgan fingerprint density at radius 3 is 2.70 bits per heavy atom. The summed E-state index contributed by atoms with van der Waals surface area (Å²) in [4.78, 5) is 4.04. The van der Waals surface area contributed by atoms with E-state index in [1.54, 1.807) is 12.3 Å². The van der Waals surface area contributed by atoms with Crippen LogP contribution in [0.1, 0.15) is 0 Å². The summed E-state index contributed by atoms with van der Waals surface area (Å²) in [5, 5.41) is 1.25. The lowest BCUT2D eigenvalue weighted by atomic mass is 10.5. The third-order valence-electron chi connectivity index (χ3n) is 1.04. The van der Waals surface area contributed by atoms with Crippen LogP contribution in [0.4, 0.5) is 0 Å². The highest BCUT2D eigenvalue weighted by atomic mass is 35.5. The average Bonchev–Trinajstić information content (AvgIpc) is 1.88. The molecule has 0 aliphatic carbocycles. The van der Waals surface area contributed by atoms with Gasteiger partial charge < -0.3 is 0 Å². The van der Waals surface area contributed by atoms with Crippen molar-refractivity contribution in [3.05, 3.63) is 22.3 Å². The Labute approximate surface area is 71.5 Å². The van der Waals surface area contributed by atoms with E-state index in [1.807, 2.05) is 6.66 Å². The molecular formula is C6H6Cl2NP. The fourth-order valence-corrected chi connectivity index (χ4v) is 1.77. The Balaban J connectivity index is 3.07. The van der Waals surface area contributed by atoms with Gasteiger partial charge in [0, 0.05) is 6.20 Å². The van der Waals surface area contributed by atoms with Gasteiger partial charge in [-0.3, -0.25) is 4.98 Å². The third kappa shape index (κ3) is 1.82. The van der Waals surface area contributed by atoms with Crippen molar-refractivity contribution in [2.24, 2.45) is 0 Å². The minimum Gasteiger partial charge on any atom is -0.254 e. The van der Waals surface area contributed by atoms with Crippen molar-refractivity contribution in [1.29, 1.82) is 0 Å². The highest BCUT2D eigenvalue weighted by molar-refractivity contribution is 7.46. The number of hydrogen-bond donors (Lipinski definition) is 0. The van der Waals surface area contributed by atoms with Crippen LogP contribution in [-0.2, 0) is 0 Å². The molecule has 1 heterocycles. The molecule has 1 nitrogen and oxygen atoms in total. The van der Waals surface area contributed by atoms with E-state index in [1.165, 1.54) is 0 Å². The molecule has 1 rings (SSSR count). The van der Waals surface area contributed by atoms with Crippen LogP contribution in [0.5, 0.6) is 0 Å². The molecule has 0 aromatic carbocycles. The molecule has 0 aliphatic heterocycles.